The van der Waals surface area contributed by atoms with Gasteiger partial charge in [0.2, 0.25) is 0 Å². The molecule has 0 saturated carbocycles. The lowest BCUT2D eigenvalue weighted by atomic mass is 10.2. The van der Waals surface area contributed by atoms with Gasteiger partial charge in [-0.1, -0.05) is 24.9 Å². The second kappa shape index (κ2) is 11.8. The van der Waals surface area contributed by atoms with E-state index in [0.29, 0.717) is 26.2 Å². The minimum atomic E-state index is -0.564. The molecule has 1 rings (SSSR count). The Kier molecular flexibility index (Phi) is 9.75. The molecule has 0 saturated heterocycles. The summed E-state index contributed by atoms with van der Waals surface area (Å²) < 4.78 is 5.38. The van der Waals surface area contributed by atoms with Crippen LogP contribution in [0.15, 0.2) is 30.0 Å². The van der Waals surface area contributed by atoms with E-state index in [-0.39, 0.29) is 22.0 Å². The summed E-state index contributed by atoms with van der Waals surface area (Å²) >= 11 is 5.95. The third-order valence-corrected chi connectivity index (χ3v) is 3.62. The SMILES string of the molecule is CCCCOCCCNC(=O)/C(C#N)=C\Nc1cc([N+](=O)[O-])ccc1Cl. The summed E-state index contributed by atoms with van der Waals surface area (Å²) in [5, 5.41) is 25.4. The minimum absolute atomic E-state index is 0.156. The molecule has 0 aromatic heterocycles. The van der Waals surface area contributed by atoms with Gasteiger partial charge < -0.3 is 15.4 Å². The maximum atomic E-state index is 12.0. The van der Waals surface area contributed by atoms with E-state index in [1.807, 2.05) is 0 Å². The lowest BCUT2D eigenvalue weighted by molar-refractivity contribution is -0.384. The number of anilines is 1. The molecule has 140 valence electrons. The second-order valence-electron chi connectivity index (χ2n) is 5.31. The zero-order valence-electron chi connectivity index (χ0n) is 14.5. The van der Waals surface area contributed by atoms with Crippen LogP contribution in [-0.4, -0.2) is 30.6 Å². The zero-order valence-corrected chi connectivity index (χ0v) is 15.2. The Bertz CT molecular complexity index is 700. The van der Waals surface area contributed by atoms with Crippen molar-refractivity contribution in [3.05, 3.63) is 45.1 Å². The van der Waals surface area contributed by atoms with Gasteiger partial charge >= 0.3 is 0 Å². The summed E-state index contributed by atoms with van der Waals surface area (Å²) in [4.78, 5) is 22.2. The maximum absolute atomic E-state index is 12.0. The number of rotatable bonds is 11. The minimum Gasteiger partial charge on any atom is -0.381 e. The number of benzene rings is 1. The number of amides is 1. The molecule has 0 radical (unpaired) electrons. The molecular formula is C17H21ClN4O4. The molecule has 0 fully saturated rings. The van der Waals surface area contributed by atoms with Crippen molar-refractivity contribution >= 4 is 28.9 Å². The topological polar surface area (TPSA) is 117 Å². The van der Waals surface area contributed by atoms with Crippen molar-refractivity contribution in [2.45, 2.75) is 26.2 Å². The number of nitro benzene ring substituents is 1. The Hall–Kier alpha value is -2.63. The van der Waals surface area contributed by atoms with Crippen LogP contribution in [0, 0.1) is 21.4 Å². The third kappa shape index (κ3) is 7.51. The molecular weight excluding hydrogens is 360 g/mol. The molecule has 0 bridgehead atoms. The number of ether oxygens (including phenoxy) is 1. The standard InChI is InChI=1S/C17H21ClN4O4/c1-2-3-8-26-9-4-7-20-17(23)13(11-19)12-21-16-10-14(22(24)25)5-6-15(16)18/h5-6,10,12,21H,2-4,7-9H2,1H3,(H,20,23)/b13-12-. The van der Waals surface area contributed by atoms with Gasteiger partial charge in [-0.3, -0.25) is 14.9 Å². The molecule has 8 nitrogen and oxygen atoms in total. The van der Waals surface area contributed by atoms with E-state index in [0.717, 1.165) is 19.0 Å². The molecule has 0 aliphatic carbocycles. The van der Waals surface area contributed by atoms with Gasteiger partial charge in [0.15, 0.2) is 0 Å². The van der Waals surface area contributed by atoms with Crippen molar-refractivity contribution in [1.82, 2.24) is 5.32 Å². The number of carbonyl (C=O) groups excluding carboxylic acids is 1. The fraction of sp³-hybridized carbons (Fsp3) is 0.412. The summed E-state index contributed by atoms with van der Waals surface area (Å²) in [5.74, 6) is -0.546. The number of hydrogen-bond donors (Lipinski definition) is 2. The number of hydrogen-bond acceptors (Lipinski definition) is 6. The van der Waals surface area contributed by atoms with E-state index in [1.54, 1.807) is 6.07 Å². The first-order valence-corrected chi connectivity index (χ1v) is 8.54. The van der Waals surface area contributed by atoms with Crippen LogP contribution < -0.4 is 10.6 Å². The van der Waals surface area contributed by atoms with Crippen molar-refractivity contribution in [2.24, 2.45) is 0 Å². The summed E-state index contributed by atoms with van der Waals surface area (Å²) in [6.07, 6.45) is 3.87. The Labute approximate surface area is 156 Å². The Morgan fingerprint density at radius 1 is 1.42 bits per heavy atom. The largest absolute Gasteiger partial charge is 0.381 e. The number of halogens is 1. The highest BCUT2D eigenvalue weighted by Gasteiger charge is 2.11. The van der Waals surface area contributed by atoms with Crippen molar-refractivity contribution < 1.29 is 14.5 Å². The second-order valence-corrected chi connectivity index (χ2v) is 5.72. The van der Waals surface area contributed by atoms with Gasteiger partial charge in [0.25, 0.3) is 11.6 Å². The van der Waals surface area contributed by atoms with Gasteiger partial charge in [-0.05, 0) is 18.9 Å². The monoisotopic (exact) mass is 380 g/mol. The number of nitrogens with one attached hydrogen (secondary N) is 2. The Morgan fingerprint density at radius 2 is 2.15 bits per heavy atom. The molecule has 0 aliphatic rings. The number of nitrogens with zero attached hydrogens (tertiary/aromatic N) is 2. The maximum Gasteiger partial charge on any atom is 0.271 e. The molecule has 0 aliphatic heterocycles. The molecule has 0 unspecified atom stereocenters. The average Bonchev–Trinajstić information content (AvgIpc) is 2.62. The molecule has 26 heavy (non-hydrogen) atoms. The third-order valence-electron chi connectivity index (χ3n) is 3.29. The number of non-ortho nitro benzene ring substituents is 1. The summed E-state index contributed by atoms with van der Waals surface area (Å²) in [5.41, 5.74) is -0.0958. The average molecular weight is 381 g/mol. The Morgan fingerprint density at radius 3 is 2.81 bits per heavy atom. The van der Waals surface area contributed by atoms with Gasteiger partial charge in [0, 0.05) is 38.1 Å². The van der Waals surface area contributed by atoms with Crippen molar-refractivity contribution in [2.75, 3.05) is 25.1 Å². The van der Waals surface area contributed by atoms with Crippen LogP contribution in [0.4, 0.5) is 11.4 Å². The van der Waals surface area contributed by atoms with E-state index in [2.05, 4.69) is 17.6 Å². The van der Waals surface area contributed by atoms with Crippen LogP contribution in [0.3, 0.4) is 0 Å². The van der Waals surface area contributed by atoms with E-state index in [9.17, 15) is 14.9 Å². The van der Waals surface area contributed by atoms with Gasteiger partial charge in [-0.2, -0.15) is 5.26 Å². The lowest BCUT2D eigenvalue weighted by Crippen LogP contribution is -2.26. The molecule has 1 amide bonds. The molecule has 0 atom stereocenters. The molecule has 2 N–H and O–H groups in total. The van der Waals surface area contributed by atoms with Crippen molar-refractivity contribution in [1.29, 1.82) is 5.26 Å². The molecule has 1 aromatic carbocycles. The predicted octanol–water partition coefficient (Wildman–Crippen LogP) is 3.39. The predicted molar refractivity (Wildman–Crippen MR) is 98.8 cm³/mol. The molecule has 9 heteroatoms. The highest BCUT2D eigenvalue weighted by atomic mass is 35.5. The molecule has 0 heterocycles. The number of nitriles is 1. The normalized spacial score (nSPS) is 10.9. The summed E-state index contributed by atoms with van der Waals surface area (Å²) in [6.45, 7) is 3.69. The quantitative estimate of drug-likeness (QED) is 0.200. The molecule has 1 aromatic rings. The first-order chi connectivity index (χ1) is 12.5. The first kappa shape index (κ1) is 21.4. The highest BCUT2D eigenvalue weighted by molar-refractivity contribution is 6.33. The van der Waals surface area contributed by atoms with Gasteiger partial charge in [-0.15, -0.1) is 0 Å². The van der Waals surface area contributed by atoms with Crippen molar-refractivity contribution in [3.63, 3.8) is 0 Å². The van der Waals surface area contributed by atoms with Crippen LogP contribution >= 0.6 is 11.6 Å². The summed E-state index contributed by atoms with van der Waals surface area (Å²) in [6, 6.07) is 5.62. The van der Waals surface area contributed by atoms with Crippen LogP contribution in [-0.2, 0) is 9.53 Å². The van der Waals surface area contributed by atoms with Crippen LogP contribution in [0.5, 0.6) is 0 Å². The Balaban J connectivity index is 2.55. The lowest BCUT2D eigenvalue weighted by Gasteiger charge is -2.07. The van der Waals surface area contributed by atoms with Gasteiger partial charge in [-0.25, -0.2) is 0 Å². The molecule has 0 spiro atoms. The fourth-order valence-electron chi connectivity index (χ4n) is 1.86. The smallest absolute Gasteiger partial charge is 0.271 e. The van der Waals surface area contributed by atoms with Crippen LogP contribution in [0.2, 0.25) is 5.02 Å². The summed E-state index contributed by atoms with van der Waals surface area (Å²) in [7, 11) is 0. The van der Waals surface area contributed by atoms with E-state index in [4.69, 9.17) is 21.6 Å². The zero-order chi connectivity index (χ0) is 19.4. The first-order valence-electron chi connectivity index (χ1n) is 8.16. The van der Waals surface area contributed by atoms with E-state index >= 15 is 0 Å². The van der Waals surface area contributed by atoms with Gasteiger partial charge in [0.1, 0.15) is 11.6 Å². The number of unbranched alkanes of at least 4 members (excludes halogenated alkanes) is 1. The van der Waals surface area contributed by atoms with Crippen LogP contribution in [0.1, 0.15) is 26.2 Å². The van der Waals surface area contributed by atoms with Gasteiger partial charge in [0.05, 0.1) is 15.6 Å². The van der Waals surface area contributed by atoms with E-state index < -0.39 is 10.8 Å². The van der Waals surface area contributed by atoms with E-state index in [1.165, 1.54) is 18.2 Å². The van der Waals surface area contributed by atoms with Crippen LogP contribution in [0.25, 0.3) is 0 Å². The van der Waals surface area contributed by atoms with Crippen molar-refractivity contribution in [3.8, 4) is 6.07 Å². The fourth-order valence-corrected chi connectivity index (χ4v) is 2.03. The number of nitro groups is 1. The number of carbonyl (C=O) groups is 1. The highest BCUT2D eigenvalue weighted by Crippen LogP contribution is 2.26.